The molecule has 0 unspecified atom stereocenters. The minimum absolute atomic E-state index is 0.150. The van der Waals surface area contributed by atoms with Gasteiger partial charge in [-0.1, -0.05) is 12.1 Å². The van der Waals surface area contributed by atoms with Crippen LogP contribution in [0.2, 0.25) is 0 Å². The van der Waals surface area contributed by atoms with E-state index in [1.807, 2.05) is 24.3 Å². The Bertz CT molecular complexity index is 373. The van der Waals surface area contributed by atoms with Crippen molar-refractivity contribution in [1.82, 2.24) is 0 Å². The number of hydrogen-bond donors (Lipinski definition) is 1. The maximum Gasteiger partial charge on any atom is 0.303 e. The third-order valence-corrected chi connectivity index (χ3v) is 2.07. The van der Waals surface area contributed by atoms with Crippen molar-refractivity contribution < 1.29 is 14.6 Å². The lowest BCUT2D eigenvalue weighted by Crippen LogP contribution is -1.98. The summed E-state index contributed by atoms with van der Waals surface area (Å²) in [5.41, 5.74) is 0.992. The molecule has 1 N–H and O–H groups in total. The molecule has 0 radical (unpaired) electrons. The first-order valence-electron chi connectivity index (χ1n) is 5.09. The first kappa shape index (κ1) is 12.1. The number of carbonyl (C=O) groups is 1. The van der Waals surface area contributed by atoms with Crippen molar-refractivity contribution >= 4 is 5.97 Å². The first-order chi connectivity index (χ1) is 7.72. The molecule has 0 spiro atoms. The predicted octanol–water partition coefficient (Wildman–Crippen LogP) is 2.11. The maximum atomic E-state index is 10.4. The summed E-state index contributed by atoms with van der Waals surface area (Å²) in [4.78, 5) is 10.4. The molecular weight excluding hydrogens is 204 g/mol. The second kappa shape index (κ2) is 6.52. The average molecular weight is 218 g/mol. The molecule has 0 aliphatic heterocycles. The molecule has 0 amide bonds. The third kappa shape index (κ3) is 4.52. The van der Waals surface area contributed by atoms with Crippen LogP contribution in [0.25, 0.3) is 0 Å². The normalized spacial score (nSPS) is 9.44. The summed E-state index contributed by atoms with van der Waals surface area (Å²) in [5.74, 6) is 2.47. The zero-order valence-corrected chi connectivity index (χ0v) is 8.98. The van der Waals surface area contributed by atoms with Gasteiger partial charge in [0.25, 0.3) is 0 Å². The Kier molecular flexibility index (Phi) is 4.94. The molecule has 0 fully saturated rings. The smallest absolute Gasteiger partial charge is 0.303 e. The number of terminal acetylenes is 1. The van der Waals surface area contributed by atoms with E-state index in [4.69, 9.17) is 16.3 Å². The van der Waals surface area contributed by atoms with Crippen molar-refractivity contribution in [2.75, 3.05) is 6.61 Å². The highest BCUT2D eigenvalue weighted by molar-refractivity contribution is 5.67. The molecule has 1 aromatic carbocycles. The molecule has 0 saturated heterocycles. The van der Waals surface area contributed by atoms with E-state index in [0.29, 0.717) is 19.4 Å². The van der Waals surface area contributed by atoms with E-state index < -0.39 is 5.97 Å². The monoisotopic (exact) mass is 218 g/mol. The molecule has 3 nitrogen and oxygen atoms in total. The molecular formula is C13H14O3. The number of aryl methyl sites for hydroxylation is 1. The zero-order valence-electron chi connectivity index (χ0n) is 8.98. The molecule has 0 saturated carbocycles. The van der Waals surface area contributed by atoms with Gasteiger partial charge in [0, 0.05) is 12.8 Å². The molecule has 0 atom stereocenters. The van der Waals surface area contributed by atoms with Crippen LogP contribution >= 0.6 is 0 Å². The van der Waals surface area contributed by atoms with Gasteiger partial charge in [-0.2, -0.15) is 0 Å². The van der Waals surface area contributed by atoms with Crippen LogP contribution in [0.15, 0.2) is 24.3 Å². The van der Waals surface area contributed by atoms with Gasteiger partial charge in [-0.3, -0.25) is 4.79 Å². The Morgan fingerprint density at radius 2 is 2.06 bits per heavy atom. The summed E-state index contributed by atoms with van der Waals surface area (Å²) in [7, 11) is 0. The fraction of sp³-hybridized carbons (Fsp3) is 0.308. The molecule has 0 heterocycles. The van der Waals surface area contributed by atoms with E-state index in [1.54, 1.807) is 0 Å². The molecule has 0 bridgehead atoms. The highest BCUT2D eigenvalue weighted by Gasteiger charge is 1.99. The molecule has 16 heavy (non-hydrogen) atoms. The summed E-state index contributed by atoms with van der Waals surface area (Å²) in [6, 6.07) is 7.39. The van der Waals surface area contributed by atoms with Crippen LogP contribution in [0, 0.1) is 12.3 Å². The number of carboxylic acids is 1. The maximum absolute atomic E-state index is 10.4. The fourth-order valence-corrected chi connectivity index (χ4v) is 1.23. The van der Waals surface area contributed by atoms with Crippen LogP contribution in [0.5, 0.6) is 5.75 Å². The number of ether oxygens (including phenoxy) is 1. The number of rotatable bonds is 6. The second-order valence-corrected chi connectivity index (χ2v) is 3.34. The van der Waals surface area contributed by atoms with Gasteiger partial charge >= 0.3 is 5.97 Å². The zero-order chi connectivity index (χ0) is 11.8. The minimum Gasteiger partial charge on any atom is -0.493 e. The predicted molar refractivity (Wildman–Crippen MR) is 61.3 cm³/mol. The summed E-state index contributed by atoms with van der Waals surface area (Å²) in [6.07, 6.45) is 6.37. The molecule has 3 heteroatoms. The topological polar surface area (TPSA) is 46.5 Å². The van der Waals surface area contributed by atoms with Gasteiger partial charge in [-0.15, -0.1) is 12.3 Å². The van der Waals surface area contributed by atoms with Crippen LogP contribution < -0.4 is 4.74 Å². The number of carboxylic acid groups (broad SMARTS) is 1. The van der Waals surface area contributed by atoms with Crippen LogP contribution in [0.4, 0.5) is 0 Å². The van der Waals surface area contributed by atoms with E-state index >= 15 is 0 Å². The second-order valence-electron chi connectivity index (χ2n) is 3.34. The van der Waals surface area contributed by atoms with Gasteiger partial charge < -0.3 is 9.84 Å². The van der Waals surface area contributed by atoms with Crippen LogP contribution in [-0.4, -0.2) is 17.7 Å². The molecule has 0 aliphatic rings. The average Bonchev–Trinajstić information content (AvgIpc) is 2.28. The van der Waals surface area contributed by atoms with Crippen molar-refractivity contribution in [1.29, 1.82) is 0 Å². The lowest BCUT2D eigenvalue weighted by Gasteiger charge is -2.04. The Morgan fingerprint density at radius 1 is 1.38 bits per heavy atom. The Hall–Kier alpha value is -1.95. The largest absolute Gasteiger partial charge is 0.493 e. The van der Waals surface area contributed by atoms with E-state index in [9.17, 15) is 4.79 Å². The van der Waals surface area contributed by atoms with Gasteiger partial charge in [-0.05, 0) is 24.1 Å². The van der Waals surface area contributed by atoms with Crippen molar-refractivity contribution in [2.45, 2.75) is 19.3 Å². The fourth-order valence-electron chi connectivity index (χ4n) is 1.23. The van der Waals surface area contributed by atoms with Crippen molar-refractivity contribution in [2.24, 2.45) is 0 Å². The Labute approximate surface area is 95.1 Å². The lowest BCUT2D eigenvalue weighted by atomic mass is 10.1. The highest BCUT2D eigenvalue weighted by atomic mass is 16.5. The number of aliphatic carboxylic acids is 1. The quantitative estimate of drug-likeness (QED) is 0.587. The number of benzene rings is 1. The third-order valence-electron chi connectivity index (χ3n) is 2.07. The van der Waals surface area contributed by atoms with Gasteiger partial charge in [0.2, 0.25) is 0 Å². The van der Waals surface area contributed by atoms with E-state index in [-0.39, 0.29) is 6.42 Å². The van der Waals surface area contributed by atoms with Gasteiger partial charge in [0.05, 0.1) is 6.61 Å². The van der Waals surface area contributed by atoms with Crippen LogP contribution in [-0.2, 0) is 11.2 Å². The highest BCUT2D eigenvalue weighted by Crippen LogP contribution is 2.13. The molecule has 1 aromatic rings. The van der Waals surface area contributed by atoms with E-state index in [1.165, 1.54) is 0 Å². The van der Waals surface area contributed by atoms with Crippen molar-refractivity contribution in [3.63, 3.8) is 0 Å². The molecule has 84 valence electrons. The summed E-state index contributed by atoms with van der Waals surface area (Å²) < 4.78 is 5.37. The van der Waals surface area contributed by atoms with Gasteiger partial charge in [0.15, 0.2) is 0 Å². The van der Waals surface area contributed by atoms with Crippen molar-refractivity contribution in [3.05, 3.63) is 29.8 Å². The SMILES string of the molecule is C#CCCOc1ccc(CCC(=O)O)cc1. The Morgan fingerprint density at radius 3 is 2.62 bits per heavy atom. The molecule has 0 aliphatic carbocycles. The van der Waals surface area contributed by atoms with Crippen LogP contribution in [0.1, 0.15) is 18.4 Å². The summed E-state index contributed by atoms with van der Waals surface area (Å²) >= 11 is 0. The van der Waals surface area contributed by atoms with E-state index in [2.05, 4.69) is 5.92 Å². The molecule has 0 aromatic heterocycles. The standard InChI is InChI=1S/C13H14O3/c1-2-3-10-16-12-7-4-11(5-8-12)6-9-13(14)15/h1,4-5,7-8H,3,6,9-10H2,(H,14,15). The number of hydrogen-bond acceptors (Lipinski definition) is 2. The lowest BCUT2D eigenvalue weighted by molar-refractivity contribution is -0.136. The van der Waals surface area contributed by atoms with E-state index in [0.717, 1.165) is 11.3 Å². The van der Waals surface area contributed by atoms with Crippen molar-refractivity contribution in [3.8, 4) is 18.1 Å². The van der Waals surface area contributed by atoms with Crippen LogP contribution in [0.3, 0.4) is 0 Å². The Balaban J connectivity index is 2.42. The summed E-state index contributed by atoms with van der Waals surface area (Å²) in [5, 5.41) is 8.53. The summed E-state index contributed by atoms with van der Waals surface area (Å²) in [6.45, 7) is 0.505. The van der Waals surface area contributed by atoms with Gasteiger partial charge in [0.1, 0.15) is 5.75 Å². The molecule has 1 rings (SSSR count). The van der Waals surface area contributed by atoms with Gasteiger partial charge in [-0.25, -0.2) is 0 Å². The first-order valence-corrected chi connectivity index (χ1v) is 5.09. The minimum atomic E-state index is -0.783.